The van der Waals surface area contributed by atoms with E-state index in [1.165, 1.54) is 23.3 Å². The maximum absolute atomic E-state index is 12.2. The van der Waals surface area contributed by atoms with Crippen LogP contribution in [0, 0.1) is 5.92 Å². The van der Waals surface area contributed by atoms with Crippen LogP contribution in [0.5, 0.6) is 0 Å². The molecular formula is C16H22N2O4S. The minimum Gasteiger partial charge on any atom is -0.480 e. The fraction of sp³-hybridized carbons (Fsp3) is 0.562. The predicted molar refractivity (Wildman–Crippen MR) is 87.4 cm³/mol. The second-order valence-corrected chi connectivity index (χ2v) is 7.20. The molecule has 1 aromatic heterocycles. The Hall–Kier alpha value is -1.89. The summed E-state index contributed by atoms with van der Waals surface area (Å²) in [6.07, 6.45) is 2.41. The Bertz CT molecular complexity index is 577. The van der Waals surface area contributed by atoms with Gasteiger partial charge < -0.3 is 15.3 Å². The molecule has 0 atom stereocenters. The SMILES string of the molecule is CC1CCC(NC(=O)CN(C)C(=O)c2cccs2)(C(=O)O)CC1. The standard InChI is InChI=1S/C16H22N2O4S/c1-11-5-7-16(8-6-11,15(21)22)17-13(19)10-18(2)14(20)12-4-3-9-23-12/h3-4,9,11H,5-8,10H2,1-2H3,(H,17,19)(H,21,22). The minimum atomic E-state index is -1.20. The van der Waals surface area contributed by atoms with Gasteiger partial charge in [0.05, 0.1) is 11.4 Å². The molecule has 0 unspecified atom stereocenters. The highest BCUT2D eigenvalue weighted by Crippen LogP contribution is 2.32. The Kier molecular flexibility index (Phi) is 5.41. The van der Waals surface area contributed by atoms with Crippen molar-refractivity contribution >= 4 is 29.1 Å². The highest BCUT2D eigenvalue weighted by molar-refractivity contribution is 7.12. The van der Waals surface area contributed by atoms with Gasteiger partial charge in [0.25, 0.3) is 5.91 Å². The summed E-state index contributed by atoms with van der Waals surface area (Å²) >= 11 is 1.31. The van der Waals surface area contributed by atoms with Crippen molar-refractivity contribution < 1.29 is 19.5 Å². The van der Waals surface area contributed by atoms with Gasteiger partial charge in [-0.05, 0) is 43.0 Å². The van der Waals surface area contributed by atoms with Crippen molar-refractivity contribution in [2.75, 3.05) is 13.6 Å². The minimum absolute atomic E-state index is 0.151. The molecule has 7 heteroatoms. The van der Waals surface area contributed by atoms with Crippen LogP contribution in [0.4, 0.5) is 0 Å². The maximum atomic E-state index is 12.2. The molecule has 0 aromatic carbocycles. The average molecular weight is 338 g/mol. The van der Waals surface area contributed by atoms with E-state index in [0.717, 1.165) is 12.8 Å². The molecule has 1 aliphatic rings. The number of hydrogen-bond donors (Lipinski definition) is 2. The lowest BCUT2D eigenvalue weighted by Crippen LogP contribution is -2.58. The van der Waals surface area contributed by atoms with Gasteiger partial charge in [-0.15, -0.1) is 11.3 Å². The number of carbonyl (C=O) groups excluding carboxylic acids is 2. The maximum Gasteiger partial charge on any atom is 0.329 e. The fourth-order valence-corrected chi connectivity index (χ4v) is 3.55. The second kappa shape index (κ2) is 7.12. The number of amides is 2. The Morgan fingerprint density at radius 1 is 1.39 bits per heavy atom. The van der Waals surface area contributed by atoms with Crippen LogP contribution in [0.3, 0.4) is 0 Å². The Balaban J connectivity index is 1.97. The van der Waals surface area contributed by atoms with E-state index in [1.54, 1.807) is 17.5 Å². The fourth-order valence-electron chi connectivity index (χ4n) is 2.83. The van der Waals surface area contributed by atoms with Gasteiger partial charge in [-0.2, -0.15) is 0 Å². The Labute approximate surface area is 139 Å². The van der Waals surface area contributed by atoms with Crippen molar-refractivity contribution in [2.45, 2.75) is 38.1 Å². The number of likely N-dealkylation sites (N-methyl/N-ethyl adjacent to an activating group) is 1. The molecule has 2 amide bonds. The van der Waals surface area contributed by atoms with Gasteiger partial charge in [0.2, 0.25) is 5.91 Å². The number of nitrogens with zero attached hydrogens (tertiary/aromatic N) is 1. The van der Waals surface area contributed by atoms with Gasteiger partial charge in [0.1, 0.15) is 5.54 Å². The lowest BCUT2D eigenvalue weighted by atomic mass is 9.77. The van der Waals surface area contributed by atoms with E-state index < -0.39 is 17.4 Å². The number of hydrogen-bond acceptors (Lipinski definition) is 4. The second-order valence-electron chi connectivity index (χ2n) is 6.26. The third-order valence-corrected chi connectivity index (χ3v) is 5.23. The van der Waals surface area contributed by atoms with E-state index >= 15 is 0 Å². The van der Waals surface area contributed by atoms with Gasteiger partial charge >= 0.3 is 5.97 Å². The molecule has 1 aromatic rings. The predicted octanol–water partition coefficient (Wildman–Crippen LogP) is 1.97. The summed E-state index contributed by atoms with van der Waals surface area (Å²) in [4.78, 5) is 37.8. The smallest absolute Gasteiger partial charge is 0.329 e. The van der Waals surface area contributed by atoms with Crippen LogP contribution in [0.25, 0.3) is 0 Å². The summed E-state index contributed by atoms with van der Waals surface area (Å²) in [5, 5.41) is 14.0. The van der Waals surface area contributed by atoms with Gasteiger partial charge in [-0.25, -0.2) is 4.79 Å². The number of thiophene rings is 1. The van der Waals surface area contributed by atoms with Gasteiger partial charge in [0.15, 0.2) is 0 Å². The summed E-state index contributed by atoms with van der Waals surface area (Å²) in [6.45, 7) is 1.93. The van der Waals surface area contributed by atoms with Crippen LogP contribution in [-0.2, 0) is 9.59 Å². The topological polar surface area (TPSA) is 86.7 Å². The zero-order valence-corrected chi connectivity index (χ0v) is 14.2. The van der Waals surface area contributed by atoms with Crippen LogP contribution in [0.1, 0.15) is 42.3 Å². The molecule has 1 aliphatic carbocycles. The number of aliphatic carboxylic acids is 1. The molecule has 1 fully saturated rings. The van der Waals surface area contributed by atoms with Gasteiger partial charge in [-0.1, -0.05) is 13.0 Å². The number of carboxylic acids is 1. The first-order valence-electron chi connectivity index (χ1n) is 7.67. The molecule has 0 bridgehead atoms. The van der Waals surface area contributed by atoms with Crippen LogP contribution < -0.4 is 5.32 Å². The van der Waals surface area contributed by atoms with Crippen LogP contribution in [0.15, 0.2) is 17.5 Å². The van der Waals surface area contributed by atoms with Crippen molar-refractivity contribution in [3.8, 4) is 0 Å². The Morgan fingerprint density at radius 2 is 2.04 bits per heavy atom. The largest absolute Gasteiger partial charge is 0.480 e. The number of rotatable bonds is 5. The summed E-state index contributed by atoms with van der Waals surface area (Å²) in [7, 11) is 1.54. The van der Waals surface area contributed by atoms with E-state index in [0.29, 0.717) is 23.6 Å². The van der Waals surface area contributed by atoms with E-state index in [-0.39, 0.29) is 12.5 Å². The molecule has 0 spiro atoms. The van der Waals surface area contributed by atoms with Gasteiger partial charge in [0, 0.05) is 7.05 Å². The summed E-state index contributed by atoms with van der Waals surface area (Å²) in [5.74, 6) is -1.20. The first-order chi connectivity index (χ1) is 10.8. The van der Waals surface area contributed by atoms with Crippen molar-refractivity contribution in [1.29, 1.82) is 0 Å². The number of carbonyl (C=O) groups is 3. The van der Waals surface area contributed by atoms with E-state index in [1.807, 2.05) is 0 Å². The molecule has 0 aliphatic heterocycles. The van der Waals surface area contributed by atoms with Crippen molar-refractivity contribution in [2.24, 2.45) is 5.92 Å². The molecule has 1 heterocycles. The van der Waals surface area contributed by atoms with E-state index in [2.05, 4.69) is 12.2 Å². The quantitative estimate of drug-likeness (QED) is 0.859. The third-order valence-electron chi connectivity index (χ3n) is 4.38. The molecule has 0 saturated heterocycles. The molecule has 23 heavy (non-hydrogen) atoms. The van der Waals surface area contributed by atoms with Crippen molar-refractivity contribution in [3.63, 3.8) is 0 Å². The third kappa shape index (κ3) is 4.10. The zero-order chi connectivity index (χ0) is 17.0. The lowest BCUT2D eigenvalue weighted by Gasteiger charge is -2.36. The lowest BCUT2D eigenvalue weighted by molar-refractivity contribution is -0.149. The van der Waals surface area contributed by atoms with Crippen LogP contribution in [0.2, 0.25) is 0 Å². The summed E-state index contributed by atoms with van der Waals surface area (Å²) < 4.78 is 0. The molecule has 6 nitrogen and oxygen atoms in total. The highest BCUT2D eigenvalue weighted by atomic mass is 32.1. The normalized spacial score (nSPS) is 24.0. The number of nitrogens with one attached hydrogen (secondary N) is 1. The molecule has 0 radical (unpaired) electrons. The van der Waals surface area contributed by atoms with Crippen molar-refractivity contribution in [1.82, 2.24) is 10.2 Å². The highest BCUT2D eigenvalue weighted by Gasteiger charge is 2.42. The Morgan fingerprint density at radius 3 is 2.57 bits per heavy atom. The van der Waals surface area contributed by atoms with Crippen LogP contribution >= 0.6 is 11.3 Å². The molecule has 1 saturated carbocycles. The monoisotopic (exact) mass is 338 g/mol. The summed E-state index contributed by atoms with van der Waals surface area (Å²) in [5.41, 5.74) is -1.20. The number of carboxylic acid groups (broad SMARTS) is 1. The zero-order valence-electron chi connectivity index (χ0n) is 13.4. The molecular weight excluding hydrogens is 316 g/mol. The first kappa shape index (κ1) is 17.5. The molecule has 126 valence electrons. The van der Waals surface area contributed by atoms with E-state index in [9.17, 15) is 19.5 Å². The van der Waals surface area contributed by atoms with Crippen LogP contribution in [-0.4, -0.2) is 46.9 Å². The summed E-state index contributed by atoms with van der Waals surface area (Å²) in [6, 6.07) is 3.47. The average Bonchev–Trinajstić information content (AvgIpc) is 3.02. The first-order valence-corrected chi connectivity index (χ1v) is 8.55. The van der Waals surface area contributed by atoms with Crippen molar-refractivity contribution in [3.05, 3.63) is 22.4 Å². The molecule has 2 rings (SSSR count). The van der Waals surface area contributed by atoms with Gasteiger partial charge in [-0.3, -0.25) is 9.59 Å². The van der Waals surface area contributed by atoms with E-state index in [4.69, 9.17) is 0 Å². The molecule has 2 N–H and O–H groups in total.